The van der Waals surface area contributed by atoms with Crippen molar-refractivity contribution in [1.82, 2.24) is 5.32 Å². The molecule has 0 bridgehead atoms. The Morgan fingerprint density at radius 1 is 1.43 bits per heavy atom. The van der Waals surface area contributed by atoms with Crippen LogP contribution in [0.3, 0.4) is 0 Å². The van der Waals surface area contributed by atoms with Crippen LogP contribution in [-0.4, -0.2) is 13.1 Å². The molecular weight excluding hydrogens is 240 g/mol. The van der Waals surface area contributed by atoms with Gasteiger partial charge in [-0.15, -0.1) is 0 Å². The Morgan fingerprint density at radius 2 is 2.29 bits per heavy atom. The summed E-state index contributed by atoms with van der Waals surface area (Å²) in [5, 5.41) is 12.2. The molecule has 1 aliphatic heterocycles. The molecule has 0 amide bonds. The molecule has 1 saturated heterocycles. The molecule has 0 saturated carbocycles. The second-order valence-electron chi connectivity index (χ2n) is 3.56. The quantitative estimate of drug-likeness (QED) is 0.831. The molecular formula is C11H11BrN2. The van der Waals surface area contributed by atoms with Crippen LogP contribution < -0.4 is 5.32 Å². The van der Waals surface area contributed by atoms with Crippen molar-refractivity contribution in [3.05, 3.63) is 34.3 Å². The van der Waals surface area contributed by atoms with E-state index in [0.29, 0.717) is 5.92 Å². The highest BCUT2D eigenvalue weighted by molar-refractivity contribution is 9.10. The molecule has 1 fully saturated rings. The number of rotatable bonds is 1. The fourth-order valence-corrected chi connectivity index (χ4v) is 2.32. The van der Waals surface area contributed by atoms with Gasteiger partial charge in [-0.2, -0.15) is 5.26 Å². The number of halogens is 1. The van der Waals surface area contributed by atoms with Gasteiger partial charge in [0, 0.05) is 23.5 Å². The van der Waals surface area contributed by atoms with Crippen LogP contribution >= 0.6 is 15.9 Å². The predicted molar refractivity (Wildman–Crippen MR) is 58.9 cm³/mol. The summed E-state index contributed by atoms with van der Waals surface area (Å²) in [5.41, 5.74) is 1.25. The van der Waals surface area contributed by atoms with Gasteiger partial charge in [0.15, 0.2) is 0 Å². The SMILES string of the molecule is N#C[C@@H]1CNC[C@H]1c1cccc(Br)c1. The van der Waals surface area contributed by atoms with Crippen LogP contribution in [0.4, 0.5) is 0 Å². The number of nitrogens with zero attached hydrogens (tertiary/aromatic N) is 1. The van der Waals surface area contributed by atoms with Crippen LogP contribution in [0.15, 0.2) is 28.7 Å². The van der Waals surface area contributed by atoms with Crippen molar-refractivity contribution in [3.8, 4) is 6.07 Å². The lowest BCUT2D eigenvalue weighted by atomic mass is 9.90. The van der Waals surface area contributed by atoms with Gasteiger partial charge in [0.2, 0.25) is 0 Å². The number of benzene rings is 1. The zero-order chi connectivity index (χ0) is 9.97. The van der Waals surface area contributed by atoms with Crippen molar-refractivity contribution in [2.24, 2.45) is 5.92 Å². The summed E-state index contributed by atoms with van der Waals surface area (Å²) in [6.07, 6.45) is 0. The number of hydrogen-bond acceptors (Lipinski definition) is 2. The van der Waals surface area contributed by atoms with Gasteiger partial charge in [-0.25, -0.2) is 0 Å². The van der Waals surface area contributed by atoms with Crippen molar-refractivity contribution in [3.63, 3.8) is 0 Å². The summed E-state index contributed by atoms with van der Waals surface area (Å²) in [5.74, 6) is 0.460. The van der Waals surface area contributed by atoms with Gasteiger partial charge < -0.3 is 5.32 Å². The lowest BCUT2D eigenvalue weighted by Gasteiger charge is -2.12. The fourth-order valence-electron chi connectivity index (χ4n) is 1.90. The first-order valence-electron chi connectivity index (χ1n) is 4.67. The summed E-state index contributed by atoms with van der Waals surface area (Å²) >= 11 is 3.45. The van der Waals surface area contributed by atoms with Gasteiger partial charge in [-0.3, -0.25) is 0 Å². The first kappa shape index (κ1) is 9.70. The molecule has 0 radical (unpaired) electrons. The molecule has 1 N–H and O–H groups in total. The summed E-state index contributed by atoms with van der Waals surface area (Å²) < 4.78 is 1.08. The summed E-state index contributed by atoms with van der Waals surface area (Å²) in [7, 11) is 0. The maximum Gasteiger partial charge on any atom is 0.0676 e. The lowest BCUT2D eigenvalue weighted by molar-refractivity contribution is 0.646. The highest BCUT2D eigenvalue weighted by Gasteiger charge is 2.27. The molecule has 2 nitrogen and oxygen atoms in total. The van der Waals surface area contributed by atoms with Crippen LogP contribution in [0.1, 0.15) is 11.5 Å². The molecule has 0 aromatic heterocycles. The van der Waals surface area contributed by atoms with Gasteiger partial charge in [-0.05, 0) is 17.7 Å². The standard InChI is InChI=1S/C11H11BrN2/c12-10-3-1-2-8(4-10)11-7-14-6-9(11)5-13/h1-4,9,11,14H,6-7H2/t9-,11+/m1/s1. The van der Waals surface area contributed by atoms with Gasteiger partial charge in [0.05, 0.1) is 12.0 Å². The largest absolute Gasteiger partial charge is 0.315 e. The lowest BCUT2D eigenvalue weighted by Crippen LogP contribution is -2.08. The summed E-state index contributed by atoms with van der Waals surface area (Å²) in [6, 6.07) is 10.6. The summed E-state index contributed by atoms with van der Waals surface area (Å²) in [4.78, 5) is 0. The van der Waals surface area contributed by atoms with E-state index in [9.17, 15) is 0 Å². The smallest absolute Gasteiger partial charge is 0.0676 e. The normalized spacial score (nSPS) is 26.0. The molecule has 2 rings (SSSR count). The second kappa shape index (κ2) is 4.12. The fraction of sp³-hybridized carbons (Fsp3) is 0.364. The van der Waals surface area contributed by atoms with E-state index in [1.807, 2.05) is 12.1 Å². The Bertz CT molecular complexity index is 370. The molecule has 14 heavy (non-hydrogen) atoms. The molecule has 1 aromatic rings. The van der Waals surface area contributed by atoms with Crippen LogP contribution in [0.5, 0.6) is 0 Å². The molecule has 1 aromatic carbocycles. The molecule has 2 atom stereocenters. The Hall–Kier alpha value is -0.850. The van der Waals surface area contributed by atoms with Crippen LogP contribution in [0, 0.1) is 17.2 Å². The minimum atomic E-state index is 0.115. The molecule has 1 aliphatic rings. The molecule has 0 unspecified atom stereocenters. The molecule has 0 aliphatic carbocycles. The van der Waals surface area contributed by atoms with E-state index in [0.717, 1.165) is 17.6 Å². The van der Waals surface area contributed by atoms with Crippen molar-refractivity contribution >= 4 is 15.9 Å². The van der Waals surface area contributed by atoms with Crippen molar-refractivity contribution < 1.29 is 0 Å². The number of nitrogens with one attached hydrogen (secondary N) is 1. The van der Waals surface area contributed by atoms with E-state index in [1.165, 1.54) is 5.56 Å². The molecule has 0 spiro atoms. The zero-order valence-electron chi connectivity index (χ0n) is 7.70. The van der Waals surface area contributed by atoms with E-state index >= 15 is 0 Å². The molecule has 72 valence electrons. The van der Waals surface area contributed by atoms with E-state index in [4.69, 9.17) is 5.26 Å². The first-order valence-corrected chi connectivity index (χ1v) is 5.46. The van der Waals surface area contributed by atoms with Crippen LogP contribution in [-0.2, 0) is 0 Å². The van der Waals surface area contributed by atoms with Gasteiger partial charge in [0.25, 0.3) is 0 Å². The monoisotopic (exact) mass is 250 g/mol. The number of hydrogen-bond donors (Lipinski definition) is 1. The average Bonchev–Trinajstić information content (AvgIpc) is 2.65. The predicted octanol–water partition coefficient (Wildman–Crippen LogP) is 2.28. The average molecular weight is 251 g/mol. The van der Waals surface area contributed by atoms with Crippen molar-refractivity contribution in [1.29, 1.82) is 5.26 Å². The maximum absolute atomic E-state index is 8.97. The highest BCUT2D eigenvalue weighted by atomic mass is 79.9. The topological polar surface area (TPSA) is 35.8 Å². The van der Waals surface area contributed by atoms with Crippen LogP contribution in [0.25, 0.3) is 0 Å². The summed E-state index contributed by atoms with van der Waals surface area (Å²) in [6.45, 7) is 1.72. The zero-order valence-corrected chi connectivity index (χ0v) is 9.29. The Morgan fingerprint density at radius 3 is 3.00 bits per heavy atom. The van der Waals surface area contributed by atoms with Crippen molar-refractivity contribution in [2.45, 2.75) is 5.92 Å². The van der Waals surface area contributed by atoms with Gasteiger partial charge >= 0.3 is 0 Å². The van der Waals surface area contributed by atoms with E-state index < -0.39 is 0 Å². The Balaban J connectivity index is 2.27. The second-order valence-corrected chi connectivity index (χ2v) is 4.47. The minimum absolute atomic E-state index is 0.115. The molecule has 3 heteroatoms. The number of nitriles is 1. The van der Waals surface area contributed by atoms with E-state index in [2.05, 4.69) is 39.4 Å². The Kier molecular flexibility index (Phi) is 2.85. The van der Waals surface area contributed by atoms with Crippen LogP contribution in [0.2, 0.25) is 0 Å². The minimum Gasteiger partial charge on any atom is -0.315 e. The maximum atomic E-state index is 8.97. The van der Waals surface area contributed by atoms with E-state index in [1.54, 1.807) is 0 Å². The third kappa shape index (κ3) is 1.82. The third-order valence-electron chi connectivity index (χ3n) is 2.66. The highest BCUT2D eigenvalue weighted by Crippen LogP contribution is 2.28. The van der Waals surface area contributed by atoms with Crippen molar-refractivity contribution in [2.75, 3.05) is 13.1 Å². The van der Waals surface area contributed by atoms with Gasteiger partial charge in [0.1, 0.15) is 0 Å². The first-order chi connectivity index (χ1) is 6.81. The third-order valence-corrected chi connectivity index (χ3v) is 3.15. The molecule has 1 heterocycles. The van der Waals surface area contributed by atoms with E-state index in [-0.39, 0.29) is 5.92 Å². The van der Waals surface area contributed by atoms with Gasteiger partial charge in [-0.1, -0.05) is 28.1 Å². The Labute approximate surface area is 92.1 Å².